The van der Waals surface area contributed by atoms with Crippen LogP contribution >= 0.6 is 0 Å². The van der Waals surface area contributed by atoms with E-state index in [1.54, 1.807) is 24.3 Å². The summed E-state index contributed by atoms with van der Waals surface area (Å²) in [5.74, 6) is 2.72. The highest BCUT2D eigenvalue weighted by atomic mass is 16.1. The van der Waals surface area contributed by atoms with E-state index >= 15 is 0 Å². The predicted molar refractivity (Wildman–Crippen MR) is 97.3 cm³/mol. The van der Waals surface area contributed by atoms with Crippen molar-refractivity contribution < 1.29 is 0 Å². The molecule has 5 rings (SSSR count). The average Bonchev–Trinajstić information content (AvgIpc) is 3.28. The van der Waals surface area contributed by atoms with Gasteiger partial charge in [0.2, 0.25) is 5.95 Å². The Labute approximate surface area is 149 Å². The predicted octanol–water partition coefficient (Wildman–Crippen LogP) is 0.328. The maximum Gasteiger partial charge on any atom is 0.263 e. The third-order valence-corrected chi connectivity index (χ3v) is 5.49. The highest BCUT2D eigenvalue weighted by molar-refractivity contribution is 5.74. The van der Waals surface area contributed by atoms with Gasteiger partial charge in [0.15, 0.2) is 5.65 Å². The van der Waals surface area contributed by atoms with E-state index in [1.807, 2.05) is 13.0 Å². The Hall–Kier alpha value is -2.97. The molecule has 134 valence electrons. The highest BCUT2D eigenvalue weighted by Gasteiger charge is 2.41. The Kier molecular flexibility index (Phi) is 3.25. The summed E-state index contributed by atoms with van der Waals surface area (Å²) >= 11 is 0. The normalized spacial score (nSPS) is 22.4. The molecule has 9 heteroatoms. The van der Waals surface area contributed by atoms with Crippen molar-refractivity contribution in [2.75, 3.05) is 36.0 Å². The van der Waals surface area contributed by atoms with Gasteiger partial charge in [0, 0.05) is 56.8 Å². The van der Waals surface area contributed by atoms with Crippen LogP contribution in [-0.2, 0) is 7.05 Å². The first-order valence-corrected chi connectivity index (χ1v) is 8.79. The van der Waals surface area contributed by atoms with Crippen LogP contribution < -0.4 is 15.4 Å². The minimum atomic E-state index is -0.131. The van der Waals surface area contributed by atoms with Crippen molar-refractivity contribution in [3.63, 3.8) is 0 Å². The summed E-state index contributed by atoms with van der Waals surface area (Å²) in [6.45, 7) is 5.70. The Bertz CT molecular complexity index is 1030. The fourth-order valence-corrected chi connectivity index (χ4v) is 4.14. The second-order valence-corrected chi connectivity index (χ2v) is 7.24. The fraction of sp³-hybridized carbons (Fsp3) is 0.471. The van der Waals surface area contributed by atoms with Crippen molar-refractivity contribution in [1.82, 2.24) is 29.7 Å². The van der Waals surface area contributed by atoms with Crippen LogP contribution in [0.25, 0.3) is 11.0 Å². The second kappa shape index (κ2) is 5.52. The third kappa shape index (κ3) is 2.34. The van der Waals surface area contributed by atoms with Gasteiger partial charge in [-0.2, -0.15) is 10.1 Å². The molecule has 2 saturated heterocycles. The van der Waals surface area contributed by atoms with Gasteiger partial charge in [-0.1, -0.05) is 0 Å². The van der Waals surface area contributed by atoms with Crippen LogP contribution in [0.3, 0.4) is 0 Å². The van der Waals surface area contributed by atoms with E-state index in [0.717, 1.165) is 37.7 Å². The Balaban J connectivity index is 1.37. The van der Waals surface area contributed by atoms with E-state index < -0.39 is 0 Å². The molecular formula is C17H20N8O. The highest BCUT2D eigenvalue weighted by Crippen LogP contribution is 2.34. The summed E-state index contributed by atoms with van der Waals surface area (Å²) in [6.07, 6.45) is 3.19. The van der Waals surface area contributed by atoms with Crippen molar-refractivity contribution in [3.8, 4) is 0 Å². The van der Waals surface area contributed by atoms with Gasteiger partial charge in [-0.15, -0.1) is 0 Å². The number of aromatic nitrogens is 6. The zero-order chi connectivity index (χ0) is 17.8. The van der Waals surface area contributed by atoms with Gasteiger partial charge in [-0.05, 0) is 6.92 Å². The number of nitrogens with one attached hydrogen (secondary N) is 1. The summed E-state index contributed by atoms with van der Waals surface area (Å²) in [5.41, 5.74) is 1.48. The molecule has 0 spiro atoms. The Morgan fingerprint density at radius 1 is 1.12 bits per heavy atom. The first-order valence-electron chi connectivity index (χ1n) is 8.79. The molecule has 2 atom stereocenters. The molecule has 0 aliphatic carbocycles. The smallest absolute Gasteiger partial charge is 0.263 e. The molecular weight excluding hydrogens is 332 g/mol. The van der Waals surface area contributed by atoms with Gasteiger partial charge in [0.1, 0.15) is 17.5 Å². The summed E-state index contributed by atoms with van der Waals surface area (Å²) in [4.78, 5) is 32.9. The number of aromatic amines is 1. The lowest BCUT2D eigenvalue weighted by atomic mass is 10.0. The number of anilines is 2. The molecule has 2 fully saturated rings. The van der Waals surface area contributed by atoms with E-state index in [0.29, 0.717) is 28.8 Å². The van der Waals surface area contributed by atoms with Crippen molar-refractivity contribution in [2.45, 2.75) is 6.92 Å². The van der Waals surface area contributed by atoms with Gasteiger partial charge in [0.05, 0.1) is 6.20 Å². The van der Waals surface area contributed by atoms with Gasteiger partial charge >= 0.3 is 0 Å². The molecule has 0 saturated carbocycles. The second-order valence-electron chi connectivity index (χ2n) is 7.24. The maximum absolute atomic E-state index is 12.3. The SMILES string of the molecule is Cc1cc(N2CC3CN(c4nc5c(cnn5C)c(=O)[nH]4)CC3C2)ncn1. The Morgan fingerprint density at radius 3 is 2.58 bits per heavy atom. The largest absolute Gasteiger partial charge is 0.356 e. The minimum absolute atomic E-state index is 0.131. The number of aryl methyl sites for hydroxylation is 2. The third-order valence-electron chi connectivity index (χ3n) is 5.49. The van der Waals surface area contributed by atoms with Crippen LogP contribution in [0, 0.1) is 18.8 Å². The number of H-pyrrole nitrogens is 1. The first kappa shape index (κ1) is 15.3. The molecule has 9 nitrogen and oxygen atoms in total. The fourth-order valence-electron chi connectivity index (χ4n) is 4.14. The van der Waals surface area contributed by atoms with Gasteiger partial charge in [-0.25, -0.2) is 9.97 Å². The standard InChI is InChI=1S/C17H20N8O/c1-10-3-14(19-9-18-10)24-5-11-7-25(8-12(11)6-24)17-21-15-13(16(26)22-17)4-20-23(15)2/h3-4,9,11-12H,5-8H2,1-2H3,(H,21,22,26). The lowest BCUT2D eigenvalue weighted by Gasteiger charge is -2.22. The lowest BCUT2D eigenvalue weighted by Crippen LogP contribution is -2.31. The number of rotatable bonds is 2. The molecule has 0 aromatic carbocycles. The van der Waals surface area contributed by atoms with E-state index in [1.165, 1.54) is 0 Å². The molecule has 2 aliphatic rings. The van der Waals surface area contributed by atoms with E-state index in [4.69, 9.17) is 0 Å². The van der Waals surface area contributed by atoms with Gasteiger partial charge < -0.3 is 9.80 Å². The molecule has 3 aromatic rings. The monoisotopic (exact) mass is 352 g/mol. The zero-order valence-corrected chi connectivity index (χ0v) is 14.8. The van der Waals surface area contributed by atoms with Crippen LogP contribution in [-0.4, -0.2) is 55.9 Å². The molecule has 0 radical (unpaired) electrons. The molecule has 3 aromatic heterocycles. The van der Waals surface area contributed by atoms with Crippen LogP contribution in [0.5, 0.6) is 0 Å². The Morgan fingerprint density at radius 2 is 1.85 bits per heavy atom. The van der Waals surface area contributed by atoms with Crippen LogP contribution in [0.2, 0.25) is 0 Å². The lowest BCUT2D eigenvalue weighted by molar-refractivity contribution is 0.533. The van der Waals surface area contributed by atoms with Crippen molar-refractivity contribution in [1.29, 1.82) is 0 Å². The zero-order valence-electron chi connectivity index (χ0n) is 14.8. The van der Waals surface area contributed by atoms with Gasteiger partial charge in [0.25, 0.3) is 5.56 Å². The van der Waals surface area contributed by atoms with Gasteiger partial charge in [-0.3, -0.25) is 14.5 Å². The number of hydrogen-bond donors (Lipinski definition) is 1. The summed E-state index contributed by atoms with van der Waals surface area (Å²) in [6, 6.07) is 2.04. The van der Waals surface area contributed by atoms with E-state index in [9.17, 15) is 4.79 Å². The van der Waals surface area contributed by atoms with Crippen LogP contribution in [0.1, 0.15) is 5.69 Å². The minimum Gasteiger partial charge on any atom is -0.356 e. The molecule has 2 aliphatic heterocycles. The molecule has 0 amide bonds. The van der Waals surface area contributed by atoms with Crippen molar-refractivity contribution in [3.05, 3.63) is 34.6 Å². The van der Waals surface area contributed by atoms with Crippen molar-refractivity contribution >= 4 is 22.8 Å². The first-order chi connectivity index (χ1) is 12.6. The average molecular weight is 352 g/mol. The quantitative estimate of drug-likeness (QED) is 0.710. The number of fused-ring (bicyclic) bond motifs is 2. The molecule has 1 N–H and O–H groups in total. The maximum atomic E-state index is 12.3. The van der Waals surface area contributed by atoms with Crippen molar-refractivity contribution in [2.24, 2.45) is 18.9 Å². The van der Waals surface area contributed by atoms with Crippen LogP contribution in [0.4, 0.5) is 11.8 Å². The number of hydrogen-bond acceptors (Lipinski definition) is 7. The molecule has 5 heterocycles. The summed E-state index contributed by atoms with van der Waals surface area (Å²) in [5, 5.41) is 4.66. The van der Waals surface area contributed by atoms with E-state index in [-0.39, 0.29) is 5.56 Å². The van der Waals surface area contributed by atoms with Crippen LogP contribution in [0.15, 0.2) is 23.4 Å². The number of nitrogens with zero attached hydrogens (tertiary/aromatic N) is 7. The summed E-state index contributed by atoms with van der Waals surface area (Å²) < 4.78 is 1.64. The topological polar surface area (TPSA) is 95.8 Å². The van der Waals surface area contributed by atoms with E-state index in [2.05, 4.69) is 34.8 Å². The molecule has 2 unspecified atom stereocenters. The summed E-state index contributed by atoms with van der Waals surface area (Å²) in [7, 11) is 1.80. The molecule has 26 heavy (non-hydrogen) atoms. The molecule has 0 bridgehead atoms.